The Morgan fingerprint density at radius 3 is 2.93 bits per heavy atom. The smallest absolute Gasteiger partial charge is 0.275 e. The van der Waals surface area contributed by atoms with Crippen LogP contribution in [-0.4, -0.2) is 59.2 Å². The van der Waals surface area contributed by atoms with E-state index < -0.39 is 27.2 Å². The van der Waals surface area contributed by atoms with Crippen molar-refractivity contribution in [3.8, 4) is 0 Å². The van der Waals surface area contributed by atoms with Crippen molar-refractivity contribution in [2.24, 2.45) is 5.92 Å². The van der Waals surface area contributed by atoms with Crippen LogP contribution in [0, 0.1) is 18.7 Å². The quantitative estimate of drug-likeness (QED) is 0.763. The molecule has 1 unspecified atom stereocenters. The lowest BCUT2D eigenvalue weighted by molar-refractivity contribution is 0.0762. The number of sulfonamides is 1. The molecule has 1 saturated heterocycles. The van der Waals surface area contributed by atoms with Gasteiger partial charge in [0, 0.05) is 25.3 Å². The van der Waals surface area contributed by atoms with Crippen LogP contribution < -0.4 is 4.72 Å². The summed E-state index contributed by atoms with van der Waals surface area (Å²) < 4.78 is 46.3. The fourth-order valence-corrected chi connectivity index (χ4v) is 5.33. The van der Waals surface area contributed by atoms with Crippen LogP contribution in [0.3, 0.4) is 0 Å². The summed E-state index contributed by atoms with van der Waals surface area (Å²) in [5.74, 6) is -0.432. The van der Waals surface area contributed by atoms with Crippen LogP contribution in [0.15, 0.2) is 22.9 Å². The van der Waals surface area contributed by atoms with Crippen molar-refractivity contribution < 1.29 is 22.1 Å². The van der Waals surface area contributed by atoms with E-state index in [1.807, 2.05) is 0 Å². The number of rotatable bonds is 5. The fourth-order valence-electron chi connectivity index (χ4n) is 4.48. The monoisotopic (exact) mass is 423 g/mol. The van der Waals surface area contributed by atoms with E-state index >= 15 is 0 Å². The first kappa shape index (κ1) is 19.9. The lowest BCUT2D eigenvalue weighted by atomic mass is 9.80. The Hall–Kier alpha value is -2.40. The van der Waals surface area contributed by atoms with Gasteiger partial charge in [-0.3, -0.25) is 4.79 Å². The summed E-state index contributed by atoms with van der Waals surface area (Å²) in [6.45, 7) is 3.85. The molecule has 2 aromatic heterocycles. The number of nitrogens with one attached hydrogen (secondary N) is 1. The van der Waals surface area contributed by atoms with Crippen molar-refractivity contribution in [1.82, 2.24) is 24.7 Å². The Labute approximate surface area is 167 Å². The summed E-state index contributed by atoms with van der Waals surface area (Å²) in [4.78, 5) is 22.7. The molecule has 1 N–H and O–H groups in total. The Bertz CT molecular complexity index is 1040. The molecule has 2 aliphatic rings. The minimum atomic E-state index is -3.37. The molecule has 3 heterocycles. The number of fused-ring (bicyclic) bond motifs is 1. The molecule has 3 atom stereocenters. The molecule has 1 aliphatic carbocycles. The first-order valence-electron chi connectivity index (χ1n) is 9.44. The number of aromatic nitrogens is 3. The predicted octanol–water partition coefficient (Wildman–Crippen LogP) is 1.02. The highest BCUT2D eigenvalue weighted by molar-refractivity contribution is 7.89. The van der Waals surface area contributed by atoms with Gasteiger partial charge in [-0.1, -0.05) is 5.16 Å². The van der Waals surface area contributed by atoms with Crippen LogP contribution in [0.1, 0.15) is 42.0 Å². The Balaban J connectivity index is 1.63. The van der Waals surface area contributed by atoms with Gasteiger partial charge in [-0.2, -0.15) is 4.98 Å². The topological polar surface area (TPSA) is 118 Å². The van der Waals surface area contributed by atoms with E-state index in [1.165, 1.54) is 18.3 Å². The maximum Gasteiger partial charge on any atom is 0.275 e. The van der Waals surface area contributed by atoms with Crippen molar-refractivity contribution in [2.75, 3.05) is 18.8 Å². The summed E-state index contributed by atoms with van der Waals surface area (Å²) in [6, 6.07) is 2.34. The van der Waals surface area contributed by atoms with E-state index in [2.05, 4.69) is 19.8 Å². The van der Waals surface area contributed by atoms with Gasteiger partial charge in [0.2, 0.25) is 15.9 Å². The van der Waals surface area contributed by atoms with Gasteiger partial charge in [-0.15, -0.1) is 0 Å². The van der Waals surface area contributed by atoms with Crippen LogP contribution in [0.5, 0.6) is 0 Å². The van der Waals surface area contributed by atoms with Gasteiger partial charge in [-0.25, -0.2) is 22.5 Å². The predicted molar refractivity (Wildman–Crippen MR) is 99.9 cm³/mol. The number of carbonyl (C=O) groups excluding carboxylic acids is 1. The zero-order chi connectivity index (χ0) is 20.8. The Morgan fingerprint density at radius 1 is 1.48 bits per heavy atom. The van der Waals surface area contributed by atoms with Gasteiger partial charge in [0.05, 0.1) is 11.2 Å². The molecular weight excluding hydrogens is 401 g/mol. The van der Waals surface area contributed by atoms with Gasteiger partial charge in [0.15, 0.2) is 17.3 Å². The largest absolute Gasteiger partial charge is 0.339 e. The van der Waals surface area contributed by atoms with Gasteiger partial charge >= 0.3 is 0 Å². The van der Waals surface area contributed by atoms with Gasteiger partial charge in [0.1, 0.15) is 0 Å². The maximum atomic E-state index is 14.1. The zero-order valence-electron chi connectivity index (χ0n) is 16.1. The molecule has 156 valence electrons. The third kappa shape index (κ3) is 3.52. The van der Waals surface area contributed by atoms with Crippen LogP contribution in [0.4, 0.5) is 4.39 Å². The molecule has 0 radical (unpaired) electrons. The van der Waals surface area contributed by atoms with E-state index in [-0.39, 0.29) is 30.0 Å². The Kier molecular flexibility index (Phi) is 4.89. The maximum absolute atomic E-state index is 14.1. The number of hydrogen-bond acceptors (Lipinski definition) is 7. The third-order valence-electron chi connectivity index (χ3n) is 5.80. The highest BCUT2D eigenvalue weighted by Crippen LogP contribution is 2.50. The van der Waals surface area contributed by atoms with E-state index in [1.54, 1.807) is 18.7 Å². The molecule has 0 spiro atoms. The minimum Gasteiger partial charge on any atom is -0.339 e. The number of nitrogens with zero attached hydrogens (tertiary/aromatic N) is 4. The summed E-state index contributed by atoms with van der Waals surface area (Å²) >= 11 is 0. The van der Waals surface area contributed by atoms with Gasteiger partial charge < -0.3 is 9.42 Å². The highest BCUT2D eigenvalue weighted by atomic mass is 32.2. The number of pyridine rings is 1. The van der Waals surface area contributed by atoms with Crippen molar-refractivity contribution in [1.29, 1.82) is 0 Å². The standard InChI is InChI=1S/C18H22FN5O4S/c1-3-29(26,27)23-13-7-12-9-24(16(25)15-14(19)5-4-6-20-15)10-18(12,8-13)17-21-11(2)22-28-17/h4-6,12-13,23H,3,7-10H2,1-2H3/t12?,13-,18+/m1/s1. The van der Waals surface area contributed by atoms with Gasteiger partial charge in [-0.05, 0) is 44.7 Å². The second kappa shape index (κ2) is 7.13. The minimum absolute atomic E-state index is 0.00953. The second-order valence-corrected chi connectivity index (χ2v) is 9.72. The fraction of sp³-hybridized carbons (Fsp3) is 0.556. The molecule has 0 bridgehead atoms. The molecule has 1 amide bonds. The summed E-state index contributed by atoms with van der Waals surface area (Å²) in [5, 5.41) is 3.87. The molecule has 9 nitrogen and oxygen atoms in total. The van der Waals surface area contributed by atoms with Crippen molar-refractivity contribution in [2.45, 2.75) is 38.1 Å². The summed E-state index contributed by atoms with van der Waals surface area (Å²) in [5.41, 5.74) is -0.907. The summed E-state index contributed by atoms with van der Waals surface area (Å²) in [6.07, 6.45) is 2.32. The Morgan fingerprint density at radius 2 is 2.28 bits per heavy atom. The van der Waals surface area contributed by atoms with E-state index in [0.717, 1.165) is 0 Å². The average Bonchev–Trinajstić information content (AvgIpc) is 3.34. The second-order valence-electron chi connectivity index (χ2n) is 7.68. The van der Waals surface area contributed by atoms with Crippen LogP contribution in [0.25, 0.3) is 0 Å². The third-order valence-corrected chi connectivity index (χ3v) is 7.26. The molecule has 29 heavy (non-hydrogen) atoms. The zero-order valence-corrected chi connectivity index (χ0v) is 16.9. The molecule has 11 heteroatoms. The average molecular weight is 423 g/mol. The van der Waals surface area contributed by atoms with Crippen molar-refractivity contribution in [3.05, 3.63) is 41.6 Å². The van der Waals surface area contributed by atoms with E-state index in [9.17, 15) is 17.6 Å². The number of halogens is 1. The molecule has 1 saturated carbocycles. The first-order valence-corrected chi connectivity index (χ1v) is 11.1. The SMILES string of the molecule is CCS(=O)(=O)N[C@@H]1CC2CN(C(=O)c3ncccc3F)C[C@@]2(c2nc(C)no2)C1. The molecule has 0 aromatic carbocycles. The number of amides is 1. The molecular formula is C18H22FN5O4S. The van der Waals surface area contributed by atoms with Crippen LogP contribution >= 0.6 is 0 Å². The molecule has 4 rings (SSSR count). The van der Waals surface area contributed by atoms with Gasteiger partial charge in [0.25, 0.3) is 5.91 Å². The lowest BCUT2D eigenvalue weighted by Gasteiger charge is -2.25. The first-order chi connectivity index (χ1) is 13.7. The van der Waals surface area contributed by atoms with Crippen LogP contribution in [-0.2, 0) is 15.4 Å². The number of hydrogen-bond donors (Lipinski definition) is 1. The normalized spacial score (nSPS) is 26.7. The molecule has 2 aromatic rings. The molecule has 1 aliphatic heterocycles. The lowest BCUT2D eigenvalue weighted by Crippen LogP contribution is -2.40. The number of carbonyl (C=O) groups is 1. The summed E-state index contributed by atoms with van der Waals surface area (Å²) in [7, 11) is -3.37. The van der Waals surface area contributed by atoms with E-state index in [0.29, 0.717) is 31.1 Å². The number of likely N-dealkylation sites (tertiary alicyclic amines) is 1. The van der Waals surface area contributed by atoms with Crippen LogP contribution in [0.2, 0.25) is 0 Å². The van der Waals surface area contributed by atoms with Crippen molar-refractivity contribution >= 4 is 15.9 Å². The van der Waals surface area contributed by atoms with Crippen molar-refractivity contribution in [3.63, 3.8) is 0 Å². The number of aryl methyl sites for hydroxylation is 1. The highest BCUT2D eigenvalue weighted by Gasteiger charge is 2.58. The van der Waals surface area contributed by atoms with E-state index in [4.69, 9.17) is 4.52 Å². The molecule has 2 fully saturated rings.